The SMILES string of the molecule is C=C(C)C(=O)O[C@H]1CC[C@@H]2Cc3occ(C)c3[C@H]3OC[C@@H]1[C@]23C. The lowest BCUT2D eigenvalue weighted by molar-refractivity contribution is -0.155. The molecule has 1 aliphatic heterocycles. The molecule has 4 heteroatoms. The van der Waals surface area contributed by atoms with Gasteiger partial charge in [-0.1, -0.05) is 13.5 Å². The maximum Gasteiger partial charge on any atom is 0.333 e. The molecule has 2 heterocycles. The zero-order chi connectivity index (χ0) is 16.4. The van der Waals surface area contributed by atoms with Gasteiger partial charge in [0.1, 0.15) is 11.9 Å². The van der Waals surface area contributed by atoms with Crippen LogP contribution >= 0.6 is 0 Å². The summed E-state index contributed by atoms with van der Waals surface area (Å²) in [6.45, 7) is 10.4. The molecule has 0 spiro atoms. The van der Waals surface area contributed by atoms with Crippen LogP contribution in [0.2, 0.25) is 0 Å². The van der Waals surface area contributed by atoms with Crippen molar-refractivity contribution >= 4 is 5.97 Å². The van der Waals surface area contributed by atoms with Gasteiger partial charge in [0.2, 0.25) is 0 Å². The largest absolute Gasteiger partial charge is 0.469 e. The summed E-state index contributed by atoms with van der Waals surface area (Å²) in [5.41, 5.74) is 2.88. The third-order valence-corrected chi connectivity index (χ3v) is 6.34. The zero-order valence-corrected chi connectivity index (χ0v) is 14.1. The van der Waals surface area contributed by atoms with Gasteiger partial charge < -0.3 is 13.9 Å². The second-order valence-corrected chi connectivity index (χ2v) is 7.64. The molecule has 1 saturated carbocycles. The molecular weight excluding hydrogens is 292 g/mol. The smallest absolute Gasteiger partial charge is 0.333 e. The first kappa shape index (κ1) is 15.0. The Morgan fingerprint density at radius 2 is 2.22 bits per heavy atom. The first-order valence-electron chi connectivity index (χ1n) is 8.47. The van der Waals surface area contributed by atoms with Crippen molar-refractivity contribution < 1.29 is 18.7 Å². The molecule has 0 aromatic carbocycles. The lowest BCUT2D eigenvalue weighted by atomic mass is 9.54. The van der Waals surface area contributed by atoms with E-state index in [1.807, 2.05) is 6.26 Å². The Balaban J connectivity index is 1.68. The monoisotopic (exact) mass is 316 g/mol. The molecule has 3 aliphatic rings. The van der Waals surface area contributed by atoms with Crippen LogP contribution in [0.15, 0.2) is 22.8 Å². The number of hydrogen-bond acceptors (Lipinski definition) is 4. The van der Waals surface area contributed by atoms with Crippen LogP contribution in [0.3, 0.4) is 0 Å². The molecule has 0 unspecified atom stereocenters. The molecule has 0 amide bonds. The van der Waals surface area contributed by atoms with E-state index in [9.17, 15) is 4.79 Å². The van der Waals surface area contributed by atoms with Crippen molar-refractivity contribution in [1.82, 2.24) is 0 Å². The van der Waals surface area contributed by atoms with Crippen molar-refractivity contribution in [3.8, 4) is 0 Å². The van der Waals surface area contributed by atoms with E-state index in [4.69, 9.17) is 13.9 Å². The average Bonchev–Trinajstić information content (AvgIpc) is 3.03. The van der Waals surface area contributed by atoms with Crippen molar-refractivity contribution in [2.24, 2.45) is 17.3 Å². The highest BCUT2D eigenvalue weighted by molar-refractivity contribution is 5.87. The number of rotatable bonds is 2. The molecule has 23 heavy (non-hydrogen) atoms. The fourth-order valence-electron chi connectivity index (χ4n) is 4.99. The molecule has 2 aliphatic carbocycles. The fourth-order valence-corrected chi connectivity index (χ4v) is 4.99. The molecule has 1 aromatic heterocycles. The quantitative estimate of drug-likeness (QED) is 0.616. The number of fused-ring (bicyclic) bond motifs is 2. The molecule has 4 nitrogen and oxygen atoms in total. The first-order chi connectivity index (χ1) is 10.9. The summed E-state index contributed by atoms with van der Waals surface area (Å²) < 4.78 is 17.8. The molecule has 1 saturated heterocycles. The van der Waals surface area contributed by atoms with Gasteiger partial charge in [0.25, 0.3) is 0 Å². The predicted molar refractivity (Wildman–Crippen MR) is 84.9 cm³/mol. The summed E-state index contributed by atoms with van der Waals surface area (Å²) in [6.07, 6.45) is 4.75. The Labute approximate surface area is 136 Å². The highest BCUT2D eigenvalue weighted by Crippen LogP contribution is 2.63. The van der Waals surface area contributed by atoms with Gasteiger partial charge in [-0.15, -0.1) is 0 Å². The number of esters is 1. The summed E-state index contributed by atoms with van der Waals surface area (Å²) in [5.74, 6) is 1.58. The molecule has 124 valence electrons. The maximum absolute atomic E-state index is 12.0. The van der Waals surface area contributed by atoms with Crippen LogP contribution < -0.4 is 0 Å². The first-order valence-corrected chi connectivity index (χ1v) is 8.47. The van der Waals surface area contributed by atoms with Crippen LogP contribution in [-0.4, -0.2) is 18.7 Å². The van der Waals surface area contributed by atoms with E-state index in [-0.39, 0.29) is 29.5 Å². The van der Waals surface area contributed by atoms with Gasteiger partial charge in [-0.3, -0.25) is 0 Å². The maximum atomic E-state index is 12.0. The average molecular weight is 316 g/mol. The van der Waals surface area contributed by atoms with Crippen molar-refractivity contribution in [2.75, 3.05) is 6.61 Å². The van der Waals surface area contributed by atoms with Crippen LogP contribution in [0.5, 0.6) is 0 Å². The summed E-state index contributed by atoms with van der Waals surface area (Å²) in [7, 11) is 0. The molecular formula is C19H24O4. The fraction of sp³-hybridized carbons (Fsp3) is 0.632. The van der Waals surface area contributed by atoms with Crippen molar-refractivity contribution in [1.29, 1.82) is 0 Å². The topological polar surface area (TPSA) is 48.7 Å². The van der Waals surface area contributed by atoms with Crippen LogP contribution in [0, 0.1) is 24.2 Å². The predicted octanol–water partition coefficient (Wildman–Crippen LogP) is 3.74. The number of carbonyl (C=O) groups excluding carboxylic acids is 1. The Hall–Kier alpha value is -1.55. The number of furan rings is 1. The summed E-state index contributed by atoms with van der Waals surface area (Å²) in [6, 6.07) is 0. The molecule has 2 fully saturated rings. The van der Waals surface area contributed by atoms with E-state index in [0.717, 1.165) is 25.0 Å². The van der Waals surface area contributed by atoms with E-state index >= 15 is 0 Å². The lowest BCUT2D eigenvalue weighted by Crippen LogP contribution is -2.50. The third kappa shape index (κ3) is 1.97. The van der Waals surface area contributed by atoms with Gasteiger partial charge in [0.15, 0.2) is 0 Å². The van der Waals surface area contributed by atoms with Crippen LogP contribution in [0.4, 0.5) is 0 Å². The normalized spacial score (nSPS) is 37.9. The second-order valence-electron chi connectivity index (χ2n) is 7.64. The Morgan fingerprint density at radius 3 is 2.96 bits per heavy atom. The van der Waals surface area contributed by atoms with Crippen LogP contribution in [0.25, 0.3) is 0 Å². The zero-order valence-electron chi connectivity index (χ0n) is 14.1. The van der Waals surface area contributed by atoms with E-state index in [1.165, 1.54) is 11.1 Å². The summed E-state index contributed by atoms with van der Waals surface area (Å²) in [4.78, 5) is 12.0. The number of ether oxygens (including phenoxy) is 2. The molecule has 0 bridgehead atoms. The number of hydrogen-bond donors (Lipinski definition) is 0. The summed E-state index contributed by atoms with van der Waals surface area (Å²) >= 11 is 0. The van der Waals surface area contributed by atoms with E-state index in [2.05, 4.69) is 20.4 Å². The molecule has 1 aromatic rings. The minimum absolute atomic E-state index is 0.0138. The van der Waals surface area contributed by atoms with Crippen LogP contribution in [0.1, 0.15) is 49.7 Å². The van der Waals surface area contributed by atoms with Gasteiger partial charge >= 0.3 is 5.97 Å². The summed E-state index contributed by atoms with van der Waals surface area (Å²) in [5, 5.41) is 0. The minimum atomic E-state index is -0.281. The van der Waals surface area contributed by atoms with Crippen molar-refractivity contribution in [2.45, 2.75) is 52.2 Å². The van der Waals surface area contributed by atoms with Gasteiger partial charge in [0, 0.05) is 28.9 Å². The number of carbonyl (C=O) groups is 1. The lowest BCUT2D eigenvalue weighted by Gasteiger charge is -2.50. The van der Waals surface area contributed by atoms with E-state index in [1.54, 1.807) is 6.92 Å². The third-order valence-electron chi connectivity index (χ3n) is 6.34. The highest BCUT2D eigenvalue weighted by atomic mass is 16.5. The molecule has 4 rings (SSSR count). The second kappa shape index (κ2) is 4.97. The van der Waals surface area contributed by atoms with Gasteiger partial charge in [-0.25, -0.2) is 4.79 Å². The Kier molecular flexibility index (Phi) is 3.24. The van der Waals surface area contributed by atoms with Crippen molar-refractivity contribution in [3.63, 3.8) is 0 Å². The van der Waals surface area contributed by atoms with E-state index < -0.39 is 0 Å². The molecule has 5 atom stereocenters. The van der Waals surface area contributed by atoms with Crippen LogP contribution in [-0.2, 0) is 20.7 Å². The van der Waals surface area contributed by atoms with Gasteiger partial charge in [-0.05, 0) is 38.2 Å². The van der Waals surface area contributed by atoms with Gasteiger partial charge in [0.05, 0.1) is 19.0 Å². The van der Waals surface area contributed by atoms with Gasteiger partial charge in [-0.2, -0.15) is 0 Å². The van der Waals surface area contributed by atoms with E-state index in [0.29, 0.717) is 18.1 Å². The van der Waals surface area contributed by atoms with Crippen molar-refractivity contribution in [3.05, 3.63) is 35.3 Å². The Morgan fingerprint density at radius 1 is 1.43 bits per heavy atom. The number of aryl methyl sites for hydroxylation is 1. The highest BCUT2D eigenvalue weighted by Gasteiger charge is 2.61. The molecule has 0 radical (unpaired) electrons. The minimum Gasteiger partial charge on any atom is -0.469 e. The molecule has 0 N–H and O–H groups in total. The standard InChI is InChI=1S/C19H24O4/c1-10(2)18(20)23-14-6-5-12-7-15-16(11(3)8-21-15)17-19(12,4)13(14)9-22-17/h8,12-14,17H,1,5-7,9H2,2-4H3/t12-,13+,14+,17-,19+/m1/s1. The Bertz CT molecular complexity index is 673.